The molecule has 1 aromatic carbocycles. The average Bonchev–Trinajstić information content (AvgIpc) is 2.40. The Hall–Kier alpha value is -1.98. The Bertz CT molecular complexity index is 569. The van der Waals surface area contributed by atoms with Gasteiger partial charge in [-0.15, -0.1) is 0 Å². The summed E-state index contributed by atoms with van der Waals surface area (Å²) in [5, 5.41) is 3.22. The van der Waals surface area contributed by atoms with Crippen LogP contribution in [0, 0.1) is 0 Å². The first-order chi connectivity index (χ1) is 9.19. The van der Waals surface area contributed by atoms with E-state index >= 15 is 0 Å². The van der Waals surface area contributed by atoms with Crippen LogP contribution < -0.4 is 11.1 Å². The Kier molecular flexibility index (Phi) is 4.43. The maximum atomic E-state index is 5.53. The fraction of sp³-hybridized carbons (Fsp3) is 0.143. The van der Waals surface area contributed by atoms with Crippen molar-refractivity contribution >= 4 is 28.7 Å². The van der Waals surface area contributed by atoms with Crippen molar-refractivity contribution in [3.05, 3.63) is 53.7 Å². The van der Waals surface area contributed by atoms with Crippen molar-refractivity contribution < 1.29 is 4.74 Å². The smallest absolute Gasteiger partial charge is 0.130 e. The van der Waals surface area contributed by atoms with Crippen LogP contribution in [-0.4, -0.2) is 17.1 Å². The number of benzene rings is 1. The predicted molar refractivity (Wildman–Crippen MR) is 80.6 cm³/mol. The Morgan fingerprint density at radius 2 is 2.21 bits per heavy atom. The minimum absolute atomic E-state index is 0.348. The van der Waals surface area contributed by atoms with Gasteiger partial charge in [0.1, 0.15) is 10.8 Å². The van der Waals surface area contributed by atoms with Crippen molar-refractivity contribution in [2.75, 3.05) is 12.4 Å². The van der Waals surface area contributed by atoms with Gasteiger partial charge in [-0.2, -0.15) is 0 Å². The Labute approximate surface area is 117 Å². The predicted octanol–water partition coefficient (Wildman–Crippen LogP) is 2.61. The first-order valence-electron chi connectivity index (χ1n) is 5.80. The van der Waals surface area contributed by atoms with Crippen LogP contribution in [-0.2, 0) is 11.3 Å². The van der Waals surface area contributed by atoms with Gasteiger partial charge >= 0.3 is 0 Å². The number of rotatable bonds is 5. The molecule has 0 spiro atoms. The highest BCUT2D eigenvalue weighted by atomic mass is 32.1. The molecule has 0 saturated carbocycles. The number of nitrogens with one attached hydrogen (secondary N) is 1. The lowest BCUT2D eigenvalue weighted by molar-refractivity contribution is 0.185. The molecule has 0 bridgehead atoms. The van der Waals surface area contributed by atoms with E-state index in [4.69, 9.17) is 22.7 Å². The first kappa shape index (κ1) is 13.5. The molecule has 19 heavy (non-hydrogen) atoms. The molecule has 0 radical (unpaired) electrons. The quantitative estimate of drug-likeness (QED) is 0.820. The van der Waals surface area contributed by atoms with E-state index in [0.29, 0.717) is 11.6 Å². The minimum Gasteiger partial charge on any atom is -0.389 e. The fourth-order valence-corrected chi connectivity index (χ4v) is 1.79. The first-order valence-corrected chi connectivity index (χ1v) is 6.20. The fourth-order valence-electron chi connectivity index (χ4n) is 1.67. The zero-order valence-corrected chi connectivity index (χ0v) is 11.4. The normalized spacial score (nSPS) is 10.2. The summed E-state index contributed by atoms with van der Waals surface area (Å²) in [6.07, 6.45) is 1.66. The third-order valence-corrected chi connectivity index (χ3v) is 2.79. The van der Waals surface area contributed by atoms with Gasteiger partial charge in [0, 0.05) is 24.6 Å². The van der Waals surface area contributed by atoms with Gasteiger partial charge < -0.3 is 15.8 Å². The lowest BCUT2D eigenvalue weighted by Gasteiger charge is -2.08. The van der Waals surface area contributed by atoms with Gasteiger partial charge in [0.25, 0.3) is 0 Å². The van der Waals surface area contributed by atoms with Crippen LogP contribution in [0.1, 0.15) is 11.1 Å². The Morgan fingerprint density at radius 3 is 2.84 bits per heavy atom. The van der Waals surface area contributed by atoms with Crippen molar-refractivity contribution in [3.8, 4) is 0 Å². The van der Waals surface area contributed by atoms with E-state index in [-0.39, 0.29) is 0 Å². The molecule has 0 aliphatic carbocycles. The van der Waals surface area contributed by atoms with E-state index < -0.39 is 0 Å². The number of pyridine rings is 1. The lowest BCUT2D eigenvalue weighted by atomic mass is 10.2. The number of methoxy groups -OCH3 is 1. The van der Waals surface area contributed by atoms with Crippen molar-refractivity contribution in [2.45, 2.75) is 6.61 Å². The minimum atomic E-state index is 0.348. The topological polar surface area (TPSA) is 60.2 Å². The number of aromatic nitrogens is 1. The van der Waals surface area contributed by atoms with Crippen LogP contribution >= 0.6 is 12.2 Å². The van der Waals surface area contributed by atoms with Gasteiger partial charge in [-0.3, -0.25) is 0 Å². The van der Waals surface area contributed by atoms with Gasteiger partial charge in [-0.1, -0.05) is 24.4 Å². The number of hydrogen-bond donors (Lipinski definition) is 2. The van der Waals surface area contributed by atoms with E-state index in [1.807, 2.05) is 36.4 Å². The van der Waals surface area contributed by atoms with Gasteiger partial charge in [0.15, 0.2) is 0 Å². The van der Waals surface area contributed by atoms with Crippen LogP contribution in [0.25, 0.3) is 0 Å². The van der Waals surface area contributed by atoms with Gasteiger partial charge in [0.2, 0.25) is 0 Å². The lowest BCUT2D eigenvalue weighted by Crippen LogP contribution is -2.09. The molecule has 5 heteroatoms. The second kappa shape index (κ2) is 6.26. The zero-order chi connectivity index (χ0) is 13.7. The third kappa shape index (κ3) is 3.74. The molecule has 0 unspecified atom stereocenters. The number of nitrogens with zero attached hydrogens (tertiary/aromatic N) is 1. The molecular formula is C14H15N3OS. The second-order valence-corrected chi connectivity index (χ2v) is 4.49. The number of nitrogens with two attached hydrogens (primary N) is 1. The van der Waals surface area contributed by atoms with Crippen LogP contribution in [0.3, 0.4) is 0 Å². The maximum absolute atomic E-state index is 5.53. The Morgan fingerprint density at radius 1 is 1.37 bits per heavy atom. The number of ether oxygens (including phenoxy) is 1. The van der Waals surface area contributed by atoms with E-state index in [1.165, 1.54) is 0 Å². The molecule has 0 fully saturated rings. The van der Waals surface area contributed by atoms with E-state index in [2.05, 4.69) is 10.3 Å². The van der Waals surface area contributed by atoms with Crippen molar-refractivity contribution in [1.82, 2.24) is 4.98 Å². The second-order valence-electron chi connectivity index (χ2n) is 4.05. The summed E-state index contributed by atoms with van der Waals surface area (Å²) in [6, 6.07) is 11.7. The standard InChI is InChI=1S/C14H15N3OS/c1-18-9-10-3-2-4-12(7-10)17-13-6-5-11(8-16-13)14(15)19/h2-8H,9H2,1H3,(H2,15,19)(H,16,17). The number of thiocarbonyl (C=S) groups is 1. The highest BCUT2D eigenvalue weighted by Gasteiger charge is 2.00. The van der Waals surface area contributed by atoms with Crippen LogP contribution in [0.15, 0.2) is 42.6 Å². The number of anilines is 2. The third-order valence-electron chi connectivity index (χ3n) is 2.56. The summed E-state index contributed by atoms with van der Waals surface area (Å²) in [5.74, 6) is 0.745. The molecule has 0 aliphatic rings. The van der Waals surface area contributed by atoms with E-state index in [9.17, 15) is 0 Å². The van der Waals surface area contributed by atoms with Gasteiger partial charge in [0.05, 0.1) is 6.61 Å². The summed E-state index contributed by atoms with van der Waals surface area (Å²) >= 11 is 4.88. The highest BCUT2D eigenvalue weighted by Crippen LogP contribution is 2.16. The van der Waals surface area contributed by atoms with Crippen molar-refractivity contribution in [1.29, 1.82) is 0 Å². The zero-order valence-electron chi connectivity index (χ0n) is 10.6. The molecule has 98 valence electrons. The summed E-state index contributed by atoms with van der Waals surface area (Å²) < 4.78 is 5.10. The molecule has 0 saturated heterocycles. The summed E-state index contributed by atoms with van der Waals surface area (Å²) in [7, 11) is 1.68. The monoisotopic (exact) mass is 273 g/mol. The van der Waals surface area contributed by atoms with E-state index in [0.717, 1.165) is 22.6 Å². The van der Waals surface area contributed by atoms with Crippen LogP contribution in [0.2, 0.25) is 0 Å². The average molecular weight is 273 g/mol. The summed E-state index contributed by atoms with van der Waals surface area (Å²) in [4.78, 5) is 4.61. The van der Waals surface area contributed by atoms with E-state index in [1.54, 1.807) is 13.3 Å². The van der Waals surface area contributed by atoms with Gasteiger partial charge in [-0.25, -0.2) is 4.98 Å². The molecule has 2 rings (SSSR count). The maximum Gasteiger partial charge on any atom is 0.130 e. The SMILES string of the molecule is COCc1cccc(Nc2ccc(C(N)=S)cn2)c1. The molecule has 4 nitrogen and oxygen atoms in total. The van der Waals surface area contributed by atoms with Gasteiger partial charge in [-0.05, 0) is 29.8 Å². The largest absolute Gasteiger partial charge is 0.389 e. The molecule has 2 aromatic rings. The molecule has 1 aromatic heterocycles. The van der Waals surface area contributed by atoms with Crippen molar-refractivity contribution in [3.63, 3.8) is 0 Å². The van der Waals surface area contributed by atoms with Crippen molar-refractivity contribution in [2.24, 2.45) is 5.73 Å². The highest BCUT2D eigenvalue weighted by molar-refractivity contribution is 7.80. The van der Waals surface area contributed by atoms with Crippen LogP contribution in [0.5, 0.6) is 0 Å². The summed E-state index contributed by atoms with van der Waals surface area (Å²) in [5.41, 5.74) is 8.35. The molecule has 0 atom stereocenters. The molecule has 1 heterocycles. The summed E-state index contributed by atoms with van der Waals surface area (Å²) in [6.45, 7) is 0.587. The molecule has 3 N–H and O–H groups in total. The molecule has 0 aliphatic heterocycles. The Balaban J connectivity index is 2.12. The van der Waals surface area contributed by atoms with Crippen LogP contribution in [0.4, 0.5) is 11.5 Å². The number of hydrogen-bond acceptors (Lipinski definition) is 4. The molecule has 0 amide bonds. The molecular weight excluding hydrogens is 258 g/mol.